The van der Waals surface area contributed by atoms with Crippen molar-refractivity contribution in [3.05, 3.63) is 78.8 Å². The Balaban J connectivity index is 1.47. The van der Waals surface area contributed by atoms with Gasteiger partial charge in [0.25, 0.3) is 0 Å². The summed E-state index contributed by atoms with van der Waals surface area (Å²) in [7, 11) is 0. The fraction of sp³-hybridized carbons (Fsp3) is 0.0455. The molecular formula is C22H16N4OS. The first kappa shape index (κ1) is 16.6. The molecule has 0 aliphatic carbocycles. The fourth-order valence-electron chi connectivity index (χ4n) is 3.04. The Labute approximate surface area is 165 Å². The van der Waals surface area contributed by atoms with Crippen LogP contribution in [0.1, 0.15) is 12.7 Å². The van der Waals surface area contributed by atoms with Crippen LogP contribution in [0.2, 0.25) is 0 Å². The highest BCUT2D eigenvalue weighted by Crippen LogP contribution is 2.34. The summed E-state index contributed by atoms with van der Waals surface area (Å²) in [6.45, 7) is 1.91. The van der Waals surface area contributed by atoms with Crippen molar-refractivity contribution < 1.29 is 4.42 Å². The minimum absolute atomic E-state index is 0.680. The van der Waals surface area contributed by atoms with Crippen LogP contribution in [0.3, 0.4) is 0 Å². The van der Waals surface area contributed by atoms with E-state index in [9.17, 15) is 0 Å². The number of aromatic nitrogens is 2. The van der Waals surface area contributed by atoms with Crippen LogP contribution in [0, 0.1) is 0 Å². The number of para-hydroxylation sites is 1. The minimum atomic E-state index is 0.680. The van der Waals surface area contributed by atoms with E-state index in [1.165, 1.54) is 5.56 Å². The standard InChI is InChI=1S/C22H16N4OS/c1-14(19-11-16-9-5-6-10-18(16)27-19)25-26-21-17-12-20(15-7-3-2-4-8-15)28-22(17)24-13-23-21/h2-13H,1H3,(H,23,24,26)/b25-14+. The lowest BCUT2D eigenvalue weighted by molar-refractivity contribution is 0.604. The van der Waals surface area contributed by atoms with Crippen molar-refractivity contribution >= 4 is 44.1 Å². The number of hydrogen-bond donors (Lipinski definition) is 1. The molecule has 5 rings (SSSR count). The van der Waals surface area contributed by atoms with Crippen molar-refractivity contribution in [3.8, 4) is 10.4 Å². The number of rotatable bonds is 4. The lowest BCUT2D eigenvalue weighted by atomic mass is 10.2. The van der Waals surface area contributed by atoms with Crippen molar-refractivity contribution in [1.82, 2.24) is 9.97 Å². The van der Waals surface area contributed by atoms with Gasteiger partial charge in [-0.25, -0.2) is 9.97 Å². The summed E-state index contributed by atoms with van der Waals surface area (Å²) in [6.07, 6.45) is 1.56. The topological polar surface area (TPSA) is 63.3 Å². The average molecular weight is 384 g/mol. The van der Waals surface area contributed by atoms with Crippen molar-refractivity contribution in [2.45, 2.75) is 6.92 Å². The molecule has 2 aromatic carbocycles. The van der Waals surface area contributed by atoms with Gasteiger partial charge in [0.1, 0.15) is 22.5 Å². The molecule has 5 aromatic rings. The first-order valence-electron chi connectivity index (χ1n) is 8.87. The predicted octanol–water partition coefficient (Wildman–Crippen LogP) is 5.94. The molecule has 5 nitrogen and oxygen atoms in total. The second kappa shape index (κ2) is 6.90. The fourth-order valence-corrected chi connectivity index (χ4v) is 4.05. The highest BCUT2D eigenvalue weighted by molar-refractivity contribution is 7.21. The van der Waals surface area contributed by atoms with E-state index in [4.69, 9.17) is 4.42 Å². The van der Waals surface area contributed by atoms with E-state index >= 15 is 0 Å². The zero-order valence-electron chi connectivity index (χ0n) is 15.1. The number of hydrogen-bond acceptors (Lipinski definition) is 6. The lowest BCUT2D eigenvalue weighted by Gasteiger charge is -2.01. The first-order chi connectivity index (χ1) is 13.8. The number of furan rings is 1. The molecule has 0 aliphatic rings. The van der Waals surface area contributed by atoms with E-state index in [1.54, 1.807) is 17.7 Å². The van der Waals surface area contributed by atoms with Gasteiger partial charge in [-0.15, -0.1) is 11.3 Å². The molecule has 136 valence electrons. The number of hydrazone groups is 1. The van der Waals surface area contributed by atoms with Gasteiger partial charge in [0.2, 0.25) is 0 Å². The number of nitrogens with zero attached hydrogens (tertiary/aromatic N) is 3. The monoisotopic (exact) mass is 384 g/mol. The molecule has 0 saturated heterocycles. The van der Waals surface area contributed by atoms with Gasteiger partial charge in [-0.3, -0.25) is 5.43 Å². The normalized spacial score (nSPS) is 12.0. The third-order valence-corrected chi connectivity index (χ3v) is 5.59. The van der Waals surface area contributed by atoms with Gasteiger partial charge in [0.15, 0.2) is 11.6 Å². The van der Waals surface area contributed by atoms with Crippen LogP contribution in [0.4, 0.5) is 5.82 Å². The van der Waals surface area contributed by atoms with Gasteiger partial charge >= 0.3 is 0 Å². The van der Waals surface area contributed by atoms with Crippen LogP contribution in [0.5, 0.6) is 0 Å². The van der Waals surface area contributed by atoms with Gasteiger partial charge in [-0.05, 0) is 30.7 Å². The maximum Gasteiger partial charge on any atom is 0.158 e. The largest absolute Gasteiger partial charge is 0.455 e. The van der Waals surface area contributed by atoms with Crippen LogP contribution < -0.4 is 5.43 Å². The number of anilines is 1. The Morgan fingerprint density at radius 3 is 2.68 bits per heavy atom. The maximum atomic E-state index is 5.87. The Morgan fingerprint density at radius 2 is 1.82 bits per heavy atom. The first-order valence-corrected chi connectivity index (χ1v) is 9.69. The van der Waals surface area contributed by atoms with Crippen molar-refractivity contribution in [2.75, 3.05) is 5.43 Å². The second-order valence-corrected chi connectivity index (χ2v) is 7.41. The summed E-state index contributed by atoms with van der Waals surface area (Å²) < 4.78 is 5.87. The summed E-state index contributed by atoms with van der Waals surface area (Å²) >= 11 is 1.64. The summed E-state index contributed by atoms with van der Waals surface area (Å²) in [6, 6.07) is 22.3. The Bertz CT molecular complexity index is 1270. The van der Waals surface area contributed by atoms with Gasteiger partial charge < -0.3 is 4.42 Å². The van der Waals surface area contributed by atoms with E-state index < -0.39 is 0 Å². The van der Waals surface area contributed by atoms with E-state index in [0.717, 1.165) is 37.5 Å². The number of thiophene rings is 1. The van der Waals surface area contributed by atoms with Crippen molar-refractivity contribution in [3.63, 3.8) is 0 Å². The molecule has 0 unspecified atom stereocenters. The molecule has 0 spiro atoms. The third-order valence-electron chi connectivity index (χ3n) is 4.50. The molecule has 28 heavy (non-hydrogen) atoms. The summed E-state index contributed by atoms with van der Waals surface area (Å²) in [5.74, 6) is 1.41. The molecule has 0 atom stereocenters. The summed E-state index contributed by atoms with van der Waals surface area (Å²) in [5.41, 5.74) is 5.84. The quantitative estimate of drug-likeness (QED) is 0.308. The lowest BCUT2D eigenvalue weighted by Crippen LogP contribution is -2.00. The molecule has 3 aromatic heterocycles. The van der Waals surface area contributed by atoms with Gasteiger partial charge in [0.05, 0.1) is 5.39 Å². The predicted molar refractivity (Wildman–Crippen MR) is 115 cm³/mol. The van der Waals surface area contributed by atoms with E-state index in [2.05, 4.69) is 38.7 Å². The molecule has 0 bridgehead atoms. The number of fused-ring (bicyclic) bond motifs is 2. The van der Waals surface area contributed by atoms with E-state index in [1.807, 2.05) is 55.5 Å². The molecule has 0 saturated carbocycles. The second-order valence-electron chi connectivity index (χ2n) is 6.38. The Hall–Kier alpha value is -3.51. The molecule has 3 heterocycles. The minimum Gasteiger partial charge on any atom is -0.455 e. The zero-order chi connectivity index (χ0) is 18.9. The van der Waals surface area contributed by atoms with Gasteiger partial charge in [-0.1, -0.05) is 48.5 Å². The van der Waals surface area contributed by atoms with E-state index in [0.29, 0.717) is 5.82 Å². The summed E-state index contributed by atoms with van der Waals surface area (Å²) in [4.78, 5) is 10.8. The Morgan fingerprint density at radius 1 is 1.00 bits per heavy atom. The van der Waals surface area contributed by atoms with Crippen LogP contribution >= 0.6 is 11.3 Å². The van der Waals surface area contributed by atoms with Crippen molar-refractivity contribution in [2.24, 2.45) is 5.10 Å². The molecule has 1 N–H and O–H groups in total. The summed E-state index contributed by atoms with van der Waals surface area (Å²) in [5, 5.41) is 6.49. The van der Waals surface area contributed by atoms with Gasteiger partial charge in [0, 0.05) is 10.3 Å². The zero-order valence-corrected chi connectivity index (χ0v) is 15.9. The Kier molecular flexibility index (Phi) is 4.10. The smallest absolute Gasteiger partial charge is 0.158 e. The molecule has 6 heteroatoms. The number of nitrogens with one attached hydrogen (secondary N) is 1. The molecule has 0 aliphatic heterocycles. The van der Waals surface area contributed by atoms with Crippen LogP contribution in [-0.2, 0) is 0 Å². The van der Waals surface area contributed by atoms with E-state index in [-0.39, 0.29) is 0 Å². The molecule has 0 radical (unpaired) electrons. The highest BCUT2D eigenvalue weighted by atomic mass is 32.1. The van der Waals surface area contributed by atoms with Crippen LogP contribution in [0.15, 0.2) is 82.6 Å². The number of benzene rings is 2. The average Bonchev–Trinajstić information content (AvgIpc) is 3.37. The third kappa shape index (κ3) is 3.04. The van der Waals surface area contributed by atoms with Gasteiger partial charge in [-0.2, -0.15) is 5.10 Å². The van der Waals surface area contributed by atoms with Crippen LogP contribution in [-0.4, -0.2) is 15.7 Å². The van der Waals surface area contributed by atoms with Crippen molar-refractivity contribution in [1.29, 1.82) is 0 Å². The SMILES string of the molecule is C/C(=N\Nc1ncnc2sc(-c3ccccc3)cc12)c1cc2ccccc2o1. The molecule has 0 amide bonds. The van der Waals surface area contributed by atoms with Crippen LogP contribution in [0.25, 0.3) is 31.6 Å². The highest BCUT2D eigenvalue weighted by Gasteiger charge is 2.11. The maximum absolute atomic E-state index is 5.87. The molecule has 0 fully saturated rings. The molecular weight excluding hydrogens is 368 g/mol.